The number of nitrogen functional groups attached to an aromatic ring is 1. The van der Waals surface area contributed by atoms with Gasteiger partial charge in [0.1, 0.15) is 0 Å². The molecule has 6 heteroatoms. The van der Waals surface area contributed by atoms with E-state index < -0.39 is 0 Å². The van der Waals surface area contributed by atoms with Crippen molar-refractivity contribution in [1.82, 2.24) is 0 Å². The van der Waals surface area contributed by atoms with Crippen LogP contribution < -0.4 is 16.0 Å². The number of carbonyl (C=O) groups is 1. The number of ether oxygens (including phenoxy) is 1. The van der Waals surface area contributed by atoms with Gasteiger partial charge in [-0.1, -0.05) is 0 Å². The molecular formula is C13H19N3O3. The highest BCUT2D eigenvalue weighted by molar-refractivity contribution is 6.00. The van der Waals surface area contributed by atoms with E-state index in [-0.39, 0.29) is 12.5 Å². The van der Waals surface area contributed by atoms with E-state index in [1.807, 2.05) is 17.0 Å². The summed E-state index contributed by atoms with van der Waals surface area (Å²) < 4.78 is 5.06. The molecule has 1 aliphatic rings. The summed E-state index contributed by atoms with van der Waals surface area (Å²) in [5, 5.41) is 11.9. The number of fused-ring (bicyclic) bond motifs is 1. The number of nitrogens with zero attached hydrogens (tertiary/aromatic N) is 1. The fourth-order valence-corrected chi connectivity index (χ4v) is 2.23. The molecule has 0 unspecified atom stereocenters. The molecule has 19 heavy (non-hydrogen) atoms. The minimum absolute atomic E-state index is 0.0165. The Kier molecular flexibility index (Phi) is 4.24. The summed E-state index contributed by atoms with van der Waals surface area (Å²) in [5.74, 6) is -0.0165. The van der Waals surface area contributed by atoms with E-state index in [4.69, 9.17) is 15.6 Å². The lowest BCUT2D eigenvalue weighted by Crippen LogP contribution is -2.30. The second-order valence-electron chi connectivity index (χ2n) is 4.50. The number of methoxy groups -OCH3 is 1. The number of carbonyl (C=O) groups excluding carboxylic acids is 1. The SMILES string of the molecule is COCCN(CCO)c1cc2c(cc1N)CC(=O)N2. The summed E-state index contributed by atoms with van der Waals surface area (Å²) in [6, 6.07) is 3.68. The van der Waals surface area contributed by atoms with Crippen molar-refractivity contribution in [1.29, 1.82) is 0 Å². The van der Waals surface area contributed by atoms with E-state index in [9.17, 15) is 4.79 Å². The summed E-state index contributed by atoms with van der Waals surface area (Å²) in [5.41, 5.74) is 9.18. The molecular weight excluding hydrogens is 246 g/mol. The lowest BCUT2D eigenvalue weighted by atomic mass is 10.1. The minimum Gasteiger partial charge on any atom is -0.397 e. The van der Waals surface area contributed by atoms with Gasteiger partial charge in [0.25, 0.3) is 0 Å². The Morgan fingerprint density at radius 3 is 2.95 bits per heavy atom. The third-order valence-corrected chi connectivity index (χ3v) is 3.15. The number of nitrogens with one attached hydrogen (secondary N) is 1. The molecule has 1 aliphatic heterocycles. The highest BCUT2D eigenvalue weighted by Crippen LogP contribution is 2.33. The number of amides is 1. The third-order valence-electron chi connectivity index (χ3n) is 3.15. The van der Waals surface area contributed by atoms with Crippen LogP contribution in [0.25, 0.3) is 0 Å². The predicted molar refractivity (Wildman–Crippen MR) is 74.4 cm³/mol. The fourth-order valence-electron chi connectivity index (χ4n) is 2.23. The van der Waals surface area contributed by atoms with Crippen LogP contribution in [-0.2, 0) is 16.0 Å². The van der Waals surface area contributed by atoms with Crippen molar-refractivity contribution < 1.29 is 14.6 Å². The van der Waals surface area contributed by atoms with Gasteiger partial charge in [-0.2, -0.15) is 0 Å². The zero-order chi connectivity index (χ0) is 13.8. The number of hydrogen-bond acceptors (Lipinski definition) is 5. The molecule has 1 amide bonds. The Morgan fingerprint density at radius 1 is 1.47 bits per heavy atom. The van der Waals surface area contributed by atoms with Crippen molar-refractivity contribution in [2.45, 2.75) is 6.42 Å². The molecule has 0 saturated heterocycles. The highest BCUT2D eigenvalue weighted by atomic mass is 16.5. The summed E-state index contributed by atoms with van der Waals surface area (Å²) >= 11 is 0. The van der Waals surface area contributed by atoms with Crippen LogP contribution in [0.2, 0.25) is 0 Å². The molecule has 4 N–H and O–H groups in total. The fraction of sp³-hybridized carbons (Fsp3) is 0.462. The van der Waals surface area contributed by atoms with E-state index in [0.29, 0.717) is 31.8 Å². The molecule has 2 rings (SSSR count). The number of hydrogen-bond donors (Lipinski definition) is 3. The average Bonchev–Trinajstić information content (AvgIpc) is 2.73. The van der Waals surface area contributed by atoms with Gasteiger partial charge in [-0.25, -0.2) is 0 Å². The molecule has 1 heterocycles. The van der Waals surface area contributed by atoms with Crippen LogP contribution in [0.3, 0.4) is 0 Å². The first-order valence-electron chi connectivity index (χ1n) is 6.22. The first kappa shape index (κ1) is 13.6. The van der Waals surface area contributed by atoms with E-state index in [1.54, 1.807) is 7.11 Å². The lowest BCUT2D eigenvalue weighted by Gasteiger charge is -2.25. The number of rotatable bonds is 6. The van der Waals surface area contributed by atoms with Gasteiger partial charge in [-0.05, 0) is 17.7 Å². The summed E-state index contributed by atoms with van der Waals surface area (Å²) in [4.78, 5) is 13.3. The Labute approximate surface area is 112 Å². The summed E-state index contributed by atoms with van der Waals surface area (Å²) in [6.07, 6.45) is 0.373. The van der Waals surface area contributed by atoms with Gasteiger partial charge < -0.3 is 25.8 Å². The van der Waals surface area contributed by atoms with E-state index in [0.717, 1.165) is 16.9 Å². The largest absolute Gasteiger partial charge is 0.397 e. The first-order chi connectivity index (χ1) is 9.15. The normalized spacial score (nSPS) is 13.3. The number of anilines is 3. The van der Waals surface area contributed by atoms with Crippen molar-refractivity contribution >= 4 is 23.0 Å². The van der Waals surface area contributed by atoms with Gasteiger partial charge in [0, 0.05) is 25.9 Å². The van der Waals surface area contributed by atoms with Crippen LogP contribution in [0.4, 0.5) is 17.1 Å². The zero-order valence-electron chi connectivity index (χ0n) is 11.0. The maximum atomic E-state index is 11.4. The molecule has 0 radical (unpaired) electrons. The maximum absolute atomic E-state index is 11.4. The quantitative estimate of drug-likeness (QED) is 0.640. The smallest absolute Gasteiger partial charge is 0.228 e. The Morgan fingerprint density at radius 2 is 2.26 bits per heavy atom. The lowest BCUT2D eigenvalue weighted by molar-refractivity contribution is -0.115. The van der Waals surface area contributed by atoms with Gasteiger partial charge in [-0.15, -0.1) is 0 Å². The second kappa shape index (κ2) is 5.90. The maximum Gasteiger partial charge on any atom is 0.228 e. The zero-order valence-corrected chi connectivity index (χ0v) is 11.0. The minimum atomic E-state index is -0.0165. The van der Waals surface area contributed by atoms with Gasteiger partial charge in [0.2, 0.25) is 5.91 Å². The third kappa shape index (κ3) is 2.97. The highest BCUT2D eigenvalue weighted by Gasteiger charge is 2.21. The van der Waals surface area contributed by atoms with E-state index >= 15 is 0 Å². The van der Waals surface area contributed by atoms with Crippen molar-refractivity contribution in [2.24, 2.45) is 0 Å². The topological polar surface area (TPSA) is 87.8 Å². The van der Waals surface area contributed by atoms with Crippen molar-refractivity contribution in [2.75, 3.05) is 49.4 Å². The van der Waals surface area contributed by atoms with Gasteiger partial charge in [0.15, 0.2) is 0 Å². The van der Waals surface area contributed by atoms with Crippen LogP contribution in [0.15, 0.2) is 12.1 Å². The van der Waals surface area contributed by atoms with Crippen molar-refractivity contribution in [3.8, 4) is 0 Å². The second-order valence-corrected chi connectivity index (χ2v) is 4.50. The molecule has 0 aromatic heterocycles. The summed E-state index contributed by atoms with van der Waals surface area (Å²) in [7, 11) is 1.63. The molecule has 1 aromatic rings. The predicted octanol–water partition coefficient (Wildman–Crippen LogP) is 0.208. The number of aliphatic hydroxyl groups is 1. The first-order valence-corrected chi connectivity index (χ1v) is 6.22. The number of nitrogens with two attached hydrogens (primary N) is 1. The van der Waals surface area contributed by atoms with Crippen LogP contribution >= 0.6 is 0 Å². The number of aliphatic hydroxyl groups excluding tert-OH is 1. The van der Waals surface area contributed by atoms with Crippen LogP contribution in [0, 0.1) is 0 Å². The van der Waals surface area contributed by atoms with Crippen LogP contribution in [-0.4, -0.2) is 44.4 Å². The number of benzene rings is 1. The molecule has 0 fully saturated rings. The van der Waals surface area contributed by atoms with Crippen molar-refractivity contribution in [3.63, 3.8) is 0 Å². The standard InChI is InChI=1S/C13H19N3O3/c1-19-5-3-16(2-4-17)12-8-11-9(6-10(12)14)7-13(18)15-11/h6,8,17H,2-5,7,14H2,1H3,(H,15,18). The van der Waals surface area contributed by atoms with E-state index in [2.05, 4.69) is 5.32 Å². The average molecular weight is 265 g/mol. The van der Waals surface area contributed by atoms with Crippen LogP contribution in [0.5, 0.6) is 0 Å². The van der Waals surface area contributed by atoms with Gasteiger partial charge in [-0.3, -0.25) is 4.79 Å². The summed E-state index contributed by atoms with van der Waals surface area (Å²) in [6.45, 7) is 1.68. The van der Waals surface area contributed by atoms with E-state index in [1.165, 1.54) is 0 Å². The Balaban J connectivity index is 2.27. The molecule has 0 aliphatic carbocycles. The molecule has 1 aromatic carbocycles. The van der Waals surface area contributed by atoms with Crippen molar-refractivity contribution in [3.05, 3.63) is 17.7 Å². The van der Waals surface area contributed by atoms with Gasteiger partial charge >= 0.3 is 0 Å². The Hall–Kier alpha value is -1.79. The molecule has 6 nitrogen and oxygen atoms in total. The molecule has 0 spiro atoms. The van der Waals surface area contributed by atoms with Crippen LogP contribution in [0.1, 0.15) is 5.56 Å². The molecule has 0 atom stereocenters. The molecule has 104 valence electrons. The molecule has 0 saturated carbocycles. The monoisotopic (exact) mass is 265 g/mol. The molecule has 0 bridgehead atoms. The Bertz CT molecular complexity index is 476. The van der Waals surface area contributed by atoms with Gasteiger partial charge in [0.05, 0.1) is 31.0 Å².